The van der Waals surface area contributed by atoms with Crippen LogP contribution >= 0.6 is 0 Å². The number of rotatable bonds is 2. The fourth-order valence-electron chi connectivity index (χ4n) is 3.57. The number of hydrogen-bond donors (Lipinski definition) is 0. The lowest BCUT2D eigenvalue weighted by atomic mass is 9.90. The molecule has 1 aromatic carbocycles. The van der Waals surface area contributed by atoms with Gasteiger partial charge in [-0.3, -0.25) is 9.78 Å². The first-order chi connectivity index (χ1) is 11.7. The third-order valence-electron chi connectivity index (χ3n) is 5.00. The molecule has 0 radical (unpaired) electrons. The zero-order chi connectivity index (χ0) is 16.5. The summed E-state index contributed by atoms with van der Waals surface area (Å²) < 4.78 is 5.83. The molecule has 0 saturated carbocycles. The molecular weight excluding hydrogens is 300 g/mol. The number of piperidine rings is 1. The predicted octanol–water partition coefficient (Wildman–Crippen LogP) is 4.16. The van der Waals surface area contributed by atoms with Crippen LogP contribution in [0.3, 0.4) is 0 Å². The SMILES string of the molecule is Cc1c(C(=O)N2CCC(c3ccncc3)CC2)oc2ccccc12. The molecule has 1 aliphatic rings. The first kappa shape index (κ1) is 14.9. The highest BCUT2D eigenvalue weighted by Gasteiger charge is 2.27. The number of hydrogen-bond acceptors (Lipinski definition) is 3. The summed E-state index contributed by atoms with van der Waals surface area (Å²) in [6.07, 6.45) is 5.64. The fraction of sp³-hybridized carbons (Fsp3) is 0.300. The molecule has 1 fully saturated rings. The van der Waals surface area contributed by atoms with E-state index in [1.807, 2.05) is 48.5 Å². The summed E-state index contributed by atoms with van der Waals surface area (Å²) in [5.74, 6) is 1.00. The first-order valence-corrected chi connectivity index (χ1v) is 8.41. The van der Waals surface area contributed by atoms with Crippen LogP contribution in [0.5, 0.6) is 0 Å². The van der Waals surface area contributed by atoms with Crippen LogP contribution in [0.4, 0.5) is 0 Å². The van der Waals surface area contributed by atoms with E-state index in [-0.39, 0.29) is 5.91 Å². The number of nitrogens with zero attached hydrogens (tertiary/aromatic N) is 2. The molecule has 24 heavy (non-hydrogen) atoms. The molecule has 1 saturated heterocycles. The second kappa shape index (κ2) is 6.11. The molecule has 0 spiro atoms. The van der Waals surface area contributed by atoms with Gasteiger partial charge in [-0.1, -0.05) is 18.2 Å². The predicted molar refractivity (Wildman–Crippen MR) is 93.1 cm³/mol. The van der Waals surface area contributed by atoms with Gasteiger partial charge in [0.15, 0.2) is 5.76 Å². The molecule has 1 aliphatic heterocycles. The minimum absolute atomic E-state index is 0.0110. The molecule has 1 amide bonds. The van der Waals surface area contributed by atoms with Crippen LogP contribution in [-0.2, 0) is 0 Å². The highest BCUT2D eigenvalue weighted by Crippen LogP contribution is 2.30. The molecule has 0 bridgehead atoms. The summed E-state index contributed by atoms with van der Waals surface area (Å²) in [5, 5.41) is 1.02. The fourth-order valence-corrected chi connectivity index (χ4v) is 3.57. The van der Waals surface area contributed by atoms with E-state index in [4.69, 9.17) is 4.42 Å². The lowest BCUT2D eigenvalue weighted by Gasteiger charge is -2.31. The number of pyridine rings is 1. The number of aromatic nitrogens is 1. The Kier molecular flexibility index (Phi) is 3.81. The van der Waals surface area contributed by atoms with Gasteiger partial charge in [0, 0.05) is 36.4 Å². The van der Waals surface area contributed by atoms with Crippen molar-refractivity contribution in [2.24, 2.45) is 0 Å². The summed E-state index contributed by atoms with van der Waals surface area (Å²) in [5.41, 5.74) is 3.04. The van der Waals surface area contributed by atoms with Crippen molar-refractivity contribution < 1.29 is 9.21 Å². The van der Waals surface area contributed by atoms with E-state index in [9.17, 15) is 4.79 Å². The molecule has 0 aliphatic carbocycles. The quantitative estimate of drug-likeness (QED) is 0.712. The lowest BCUT2D eigenvalue weighted by Crippen LogP contribution is -2.38. The van der Waals surface area contributed by atoms with E-state index in [1.165, 1.54) is 5.56 Å². The number of amides is 1. The highest BCUT2D eigenvalue weighted by atomic mass is 16.3. The Balaban J connectivity index is 1.51. The molecule has 0 unspecified atom stereocenters. The van der Waals surface area contributed by atoms with Crippen molar-refractivity contribution in [1.82, 2.24) is 9.88 Å². The molecule has 0 atom stereocenters. The van der Waals surface area contributed by atoms with Crippen molar-refractivity contribution in [2.75, 3.05) is 13.1 Å². The van der Waals surface area contributed by atoms with Crippen LogP contribution in [0.15, 0.2) is 53.2 Å². The van der Waals surface area contributed by atoms with Gasteiger partial charge in [0.1, 0.15) is 5.58 Å². The number of benzene rings is 1. The summed E-state index contributed by atoms with van der Waals surface area (Å²) >= 11 is 0. The van der Waals surface area contributed by atoms with E-state index in [1.54, 1.807) is 0 Å². The van der Waals surface area contributed by atoms with Crippen molar-refractivity contribution in [3.05, 3.63) is 65.7 Å². The monoisotopic (exact) mass is 320 g/mol. The first-order valence-electron chi connectivity index (χ1n) is 8.41. The van der Waals surface area contributed by atoms with Gasteiger partial charge in [-0.25, -0.2) is 0 Å². The number of para-hydroxylation sites is 1. The van der Waals surface area contributed by atoms with E-state index in [2.05, 4.69) is 17.1 Å². The molecule has 0 N–H and O–H groups in total. The summed E-state index contributed by atoms with van der Waals surface area (Å²) in [4.78, 5) is 18.9. The second-order valence-electron chi connectivity index (χ2n) is 6.40. The van der Waals surface area contributed by atoms with Crippen molar-refractivity contribution in [2.45, 2.75) is 25.7 Å². The number of likely N-dealkylation sites (tertiary alicyclic amines) is 1. The second-order valence-corrected chi connectivity index (χ2v) is 6.40. The largest absolute Gasteiger partial charge is 0.451 e. The molecule has 4 rings (SSSR count). The topological polar surface area (TPSA) is 46.3 Å². The zero-order valence-corrected chi connectivity index (χ0v) is 13.7. The molecule has 3 heterocycles. The van der Waals surface area contributed by atoms with Crippen LogP contribution in [-0.4, -0.2) is 28.9 Å². The average Bonchev–Trinajstić information content (AvgIpc) is 2.99. The zero-order valence-electron chi connectivity index (χ0n) is 13.7. The van der Waals surface area contributed by atoms with Gasteiger partial charge >= 0.3 is 0 Å². The number of carbonyl (C=O) groups is 1. The van der Waals surface area contributed by atoms with Gasteiger partial charge in [0.25, 0.3) is 5.91 Å². The maximum atomic E-state index is 12.9. The van der Waals surface area contributed by atoms with Crippen molar-refractivity contribution in [3.8, 4) is 0 Å². The molecule has 4 nitrogen and oxygen atoms in total. The third-order valence-corrected chi connectivity index (χ3v) is 5.00. The Morgan fingerprint density at radius 1 is 1.12 bits per heavy atom. The average molecular weight is 320 g/mol. The van der Waals surface area contributed by atoms with Crippen molar-refractivity contribution in [1.29, 1.82) is 0 Å². The minimum atomic E-state index is 0.0110. The van der Waals surface area contributed by atoms with Gasteiger partial charge < -0.3 is 9.32 Å². The highest BCUT2D eigenvalue weighted by molar-refractivity contribution is 5.98. The summed E-state index contributed by atoms with van der Waals surface area (Å²) in [6, 6.07) is 12.0. The minimum Gasteiger partial charge on any atom is -0.451 e. The van der Waals surface area contributed by atoms with Crippen molar-refractivity contribution >= 4 is 16.9 Å². The molecule has 2 aromatic heterocycles. The molecular formula is C20H20N2O2. The maximum absolute atomic E-state index is 12.9. The van der Waals surface area contributed by atoms with Crippen LogP contribution < -0.4 is 0 Å². The number of aryl methyl sites for hydroxylation is 1. The van der Waals surface area contributed by atoms with Gasteiger partial charge in [0.2, 0.25) is 0 Å². The number of furan rings is 1. The van der Waals surface area contributed by atoms with Crippen LogP contribution in [0.25, 0.3) is 11.0 Å². The van der Waals surface area contributed by atoms with Crippen LogP contribution in [0.2, 0.25) is 0 Å². The molecule has 122 valence electrons. The van der Waals surface area contributed by atoms with E-state index < -0.39 is 0 Å². The maximum Gasteiger partial charge on any atom is 0.289 e. The van der Waals surface area contributed by atoms with Crippen LogP contribution in [0.1, 0.15) is 40.4 Å². The Bertz CT molecular complexity index is 862. The van der Waals surface area contributed by atoms with E-state index in [0.717, 1.165) is 42.5 Å². The standard InChI is InChI=1S/C20H20N2O2/c1-14-17-4-2-3-5-18(17)24-19(14)20(23)22-12-8-16(9-13-22)15-6-10-21-11-7-15/h2-7,10-11,16H,8-9,12-13H2,1H3. The van der Waals surface area contributed by atoms with Gasteiger partial charge in [-0.15, -0.1) is 0 Å². The number of fused-ring (bicyclic) bond motifs is 1. The van der Waals surface area contributed by atoms with Gasteiger partial charge in [-0.2, -0.15) is 0 Å². The van der Waals surface area contributed by atoms with Gasteiger partial charge in [0.05, 0.1) is 0 Å². The number of carbonyl (C=O) groups excluding carboxylic acids is 1. The molecule has 3 aromatic rings. The normalized spacial score (nSPS) is 15.8. The summed E-state index contributed by atoms with van der Waals surface area (Å²) in [6.45, 7) is 3.49. The Labute approximate surface area is 141 Å². The molecule has 4 heteroatoms. The van der Waals surface area contributed by atoms with E-state index >= 15 is 0 Å². The smallest absolute Gasteiger partial charge is 0.289 e. The Morgan fingerprint density at radius 3 is 2.54 bits per heavy atom. The van der Waals surface area contributed by atoms with Crippen LogP contribution in [0, 0.1) is 6.92 Å². The van der Waals surface area contributed by atoms with Gasteiger partial charge in [-0.05, 0) is 49.4 Å². The lowest BCUT2D eigenvalue weighted by molar-refractivity contribution is 0.0682. The third kappa shape index (κ3) is 2.58. The Hall–Kier alpha value is -2.62. The van der Waals surface area contributed by atoms with Crippen molar-refractivity contribution in [3.63, 3.8) is 0 Å². The summed E-state index contributed by atoms with van der Waals surface area (Å²) in [7, 11) is 0. The van der Waals surface area contributed by atoms with E-state index in [0.29, 0.717) is 11.7 Å². The Morgan fingerprint density at radius 2 is 1.83 bits per heavy atom.